The highest BCUT2D eigenvalue weighted by Gasteiger charge is 2.17. The number of pyridine rings is 1. The zero-order valence-electron chi connectivity index (χ0n) is 13.1. The number of benzene rings is 2. The molecule has 6 heteroatoms. The maximum absolute atomic E-state index is 12.5. The van der Waals surface area contributed by atoms with E-state index in [1.807, 2.05) is 60.7 Å². The molecule has 5 nitrogen and oxygen atoms in total. The number of carbonyl (C=O) groups excluding carboxylic acids is 1. The van der Waals surface area contributed by atoms with Crippen LogP contribution in [0.1, 0.15) is 10.4 Å². The number of amides is 1. The molecular weight excluding hydrogens is 336 g/mol. The zero-order valence-corrected chi connectivity index (χ0v) is 13.8. The number of para-hydroxylation sites is 2. The second-order valence-electron chi connectivity index (χ2n) is 5.44. The van der Waals surface area contributed by atoms with Crippen LogP contribution in [0.3, 0.4) is 0 Å². The summed E-state index contributed by atoms with van der Waals surface area (Å²) >= 11 is 6.33. The van der Waals surface area contributed by atoms with E-state index in [0.717, 1.165) is 16.6 Å². The van der Waals surface area contributed by atoms with Crippen molar-refractivity contribution < 1.29 is 4.79 Å². The van der Waals surface area contributed by atoms with Crippen LogP contribution < -0.4 is 5.32 Å². The zero-order chi connectivity index (χ0) is 17.2. The van der Waals surface area contributed by atoms with Crippen molar-refractivity contribution in [2.24, 2.45) is 0 Å². The summed E-state index contributed by atoms with van der Waals surface area (Å²) in [5.74, 6) is 0.113. The number of hydrogen-bond donors (Lipinski definition) is 1. The maximum atomic E-state index is 12.5. The van der Waals surface area contributed by atoms with Crippen LogP contribution in [0.25, 0.3) is 16.6 Å². The second-order valence-corrected chi connectivity index (χ2v) is 5.80. The van der Waals surface area contributed by atoms with Crippen LogP contribution in [0.4, 0.5) is 5.82 Å². The summed E-state index contributed by atoms with van der Waals surface area (Å²) in [5, 5.41) is 8.23. The van der Waals surface area contributed by atoms with Crippen LogP contribution in [0, 0.1) is 0 Å². The number of carbonyl (C=O) groups is 1. The highest BCUT2D eigenvalue weighted by molar-refractivity contribution is 6.33. The predicted molar refractivity (Wildman–Crippen MR) is 98.3 cm³/mol. The Labute approximate surface area is 148 Å². The molecule has 4 rings (SSSR count). The Morgan fingerprint density at radius 1 is 0.960 bits per heavy atom. The molecule has 0 aliphatic rings. The molecule has 0 radical (unpaired) electrons. The fourth-order valence-electron chi connectivity index (χ4n) is 2.55. The molecule has 4 aromatic rings. The molecule has 2 heterocycles. The van der Waals surface area contributed by atoms with E-state index >= 15 is 0 Å². The van der Waals surface area contributed by atoms with Crippen molar-refractivity contribution in [3.8, 4) is 5.69 Å². The average Bonchev–Trinajstić information content (AvgIpc) is 3.04. The third kappa shape index (κ3) is 2.97. The van der Waals surface area contributed by atoms with Gasteiger partial charge in [-0.3, -0.25) is 4.79 Å². The Balaban J connectivity index is 1.61. The van der Waals surface area contributed by atoms with Crippen molar-refractivity contribution in [1.29, 1.82) is 0 Å². The number of fused-ring (bicyclic) bond motifs is 1. The van der Waals surface area contributed by atoms with Crippen LogP contribution >= 0.6 is 11.6 Å². The third-order valence-electron chi connectivity index (χ3n) is 3.80. The summed E-state index contributed by atoms with van der Waals surface area (Å²) in [6.07, 6.45) is 1.45. The van der Waals surface area contributed by atoms with Crippen molar-refractivity contribution in [2.45, 2.75) is 0 Å². The Hall–Kier alpha value is -3.18. The second kappa shape index (κ2) is 6.37. The lowest BCUT2D eigenvalue weighted by Crippen LogP contribution is -2.13. The summed E-state index contributed by atoms with van der Waals surface area (Å²) in [4.78, 5) is 17.0. The van der Waals surface area contributed by atoms with Gasteiger partial charge in [0.1, 0.15) is 11.0 Å². The minimum absolute atomic E-state index is 0.254. The van der Waals surface area contributed by atoms with Gasteiger partial charge in [-0.2, -0.15) is 5.10 Å². The number of nitrogens with zero attached hydrogens (tertiary/aromatic N) is 3. The van der Waals surface area contributed by atoms with Crippen molar-refractivity contribution in [3.63, 3.8) is 0 Å². The molecule has 2 aromatic heterocycles. The lowest BCUT2D eigenvalue weighted by atomic mass is 10.2. The minimum atomic E-state index is -0.352. The van der Waals surface area contributed by atoms with E-state index in [-0.39, 0.29) is 11.1 Å². The van der Waals surface area contributed by atoms with Gasteiger partial charge in [-0.25, -0.2) is 9.67 Å². The quantitative estimate of drug-likeness (QED) is 0.599. The molecule has 0 unspecified atom stereocenters. The first kappa shape index (κ1) is 15.4. The molecule has 1 amide bonds. The van der Waals surface area contributed by atoms with Crippen molar-refractivity contribution in [2.75, 3.05) is 5.32 Å². The molecule has 0 saturated carbocycles. The van der Waals surface area contributed by atoms with E-state index in [9.17, 15) is 4.79 Å². The van der Waals surface area contributed by atoms with Crippen LogP contribution in [0.5, 0.6) is 0 Å². The van der Waals surface area contributed by atoms with Gasteiger partial charge < -0.3 is 5.32 Å². The van der Waals surface area contributed by atoms with Crippen LogP contribution in [0.2, 0.25) is 5.15 Å². The number of nitrogens with one attached hydrogen (secondary N) is 1. The van der Waals surface area contributed by atoms with Gasteiger partial charge in [0.15, 0.2) is 0 Å². The van der Waals surface area contributed by atoms with Gasteiger partial charge in [-0.1, -0.05) is 48.0 Å². The van der Waals surface area contributed by atoms with Crippen LogP contribution in [-0.4, -0.2) is 20.7 Å². The highest BCUT2D eigenvalue weighted by atomic mass is 35.5. The molecule has 1 N–H and O–H groups in total. The Morgan fingerprint density at radius 2 is 1.72 bits per heavy atom. The minimum Gasteiger partial charge on any atom is -0.306 e. The monoisotopic (exact) mass is 348 g/mol. The van der Waals surface area contributed by atoms with Gasteiger partial charge in [0, 0.05) is 5.39 Å². The number of rotatable bonds is 3. The standard InChI is InChI=1S/C19H13ClN4O/c20-18-15(12-21-24(18)14-7-2-1-3-8-14)19(25)23-17-11-10-13-6-4-5-9-16(13)22-17/h1-12H,(H,22,23,25). The molecular formula is C19H13ClN4O. The molecule has 25 heavy (non-hydrogen) atoms. The summed E-state index contributed by atoms with van der Waals surface area (Å²) in [6, 6.07) is 20.8. The normalized spacial score (nSPS) is 10.8. The van der Waals surface area contributed by atoms with Gasteiger partial charge in [-0.05, 0) is 30.3 Å². The van der Waals surface area contributed by atoms with Crippen LogP contribution in [0.15, 0.2) is 72.9 Å². The molecule has 2 aromatic carbocycles. The average molecular weight is 349 g/mol. The molecule has 0 aliphatic carbocycles. The first-order valence-electron chi connectivity index (χ1n) is 7.68. The van der Waals surface area contributed by atoms with Gasteiger partial charge >= 0.3 is 0 Å². The van der Waals surface area contributed by atoms with E-state index in [2.05, 4.69) is 15.4 Å². The molecule has 0 fully saturated rings. The van der Waals surface area contributed by atoms with Crippen molar-refractivity contribution in [3.05, 3.63) is 83.6 Å². The Kier molecular flexibility index (Phi) is 3.91. The number of anilines is 1. The first-order valence-corrected chi connectivity index (χ1v) is 8.06. The molecule has 0 bridgehead atoms. The Morgan fingerprint density at radius 3 is 2.56 bits per heavy atom. The summed E-state index contributed by atoms with van der Waals surface area (Å²) in [7, 11) is 0. The lowest BCUT2D eigenvalue weighted by molar-refractivity contribution is 0.102. The number of aromatic nitrogens is 3. The van der Waals surface area contributed by atoms with Crippen LogP contribution in [-0.2, 0) is 0 Å². The molecule has 0 aliphatic heterocycles. The lowest BCUT2D eigenvalue weighted by Gasteiger charge is -2.06. The largest absolute Gasteiger partial charge is 0.306 e. The number of hydrogen-bond acceptors (Lipinski definition) is 3. The van der Waals surface area contributed by atoms with Gasteiger partial charge in [0.2, 0.25) is 0 Å². The maximum Gasteiger partial charge on any atom is 0.261 e. The first-order chi connectivity index (χ1) is 12.2. The summed E-state index contributed by atoms with van der Waals surface area (Å²) < 4.78 is 1.52. The summed E-state index contributed by atoms with van der Waals surface area (Å²) in [5.41, 5.74) is 1.89. The van der Waals surface area contributed by atoms with Crippen molar-refractivity contribution in [1.82, 2.24) is 14.8 Å². The van der Waals surface area contributed by atoms with E-state index in [0.29, 0.717) is 11.4 Å². The van der Waals surface area contributed by atoms with Gasteiger partial charge in [0.25, 0.3) is 5.91 Å². The van der Waals surface area contributed by atoms with E-state index in [4.69, 9.17) is 11.6 Å². The SMILES string of the molecule is O=C(Nc1ccc2ccccc2n1)c1cnn(-c2ccccc2)c1Cl. The van der Waals surface area contributed by atoms with E-state index < -0.39 is 0 Å². The fraction of sp³-hybridized carbons (Fsp3) is 0. The number of halogens is 1. The predicted octanol–water partition coefficient (Wildman–Crippen LogP) is 4.33. The topological polar surface area (TPSA) is 59.8 Å². The third-order valence-corrected chi connectivity index (χ3v) is 4.16. The Bertz CT molecular complexity index is 1060. The van der Waals surface area contributed by atoms with Gasteiger partial charge in [-0.15, -0.1) is 0 Å². The molecule has 0 spiro atoms. The molecule has 0 atom stereocenters. The highest BCUT2D eigenvalue weighted by Crippen LogP contribution is 2.21. The molecule has 0 saturated heterocycles. The molecule has 122 valence electrons. The van der Waals surface area contributed by atoms with Crippen molar-refractivity contribution >= 4 is 34.2 Å². The van der Waals surface area contributed by atoms with Gasteiger partial charge in [0.05, 0.1) is 23.0 Å². The van der Waals surface area contributed by atoms with E-state index in [1.54, 1.807) is 6.07 Å². The smallest absolute Gasteiger partial charge is 0.261 e. The summed E-state index contributed by atoms with van der Waals surface area (Å²) in [6.45, 7) is 0. The van der Waals surface area contributed by atoms with E-state index in [1.165, 1.54) is 10.9 Å². The fourth-order valence-corrected chi connectivity index (χ4v) is 2.83.